The molecule has 0 spiro atoms. The molecule has 1 aromatic carbocycles. The Kier molecular flexibility index (Phi) is 5.72. The highest BCUT2D eigenvalue weighted by molar-refractivity contribution is 5.77. The van der Waals surface area contributed by atoms with Gasteiger partial charge in [0, 0.05) is 12.7 Å². The van der Waals surface area contributed by atoms with Crippen molar-refractivity contribution >= 4 is 5.97 Å². The van der Waals surface area contributed by atoms with Gasteiger partial charge in [0.2, 0.25) is 0 Å². The Morgan fingerprint density at radius 2 is 2.11 bits per heavy atom. The molecule has 0 aliphatic heterocycles. The maximum Gasteiger partial charge on any atom is 0.339 e. The van der Waals surface area contributed by atoms with Gasteiger partial charge in [0.25, 0.3) is 0 Å². The Bertz CT molecular complexity index is 447. The van der Waals surface area contributed by atoms with E-state index in [1.54, 1.807) is 6.92 Å². The van der Waals surface area contributed by atoms with Crippen molar-refractivity contribution in [3.8, 4) is 5.75 Å². The van der Waals surface area contributed by atoms with Crippen LogP contribution in [0.4, 0.5) is 4.39 Å². The first-order chi connectivity index (χ1) is 9.04. The summed E-state index contributed by atoms with van der Waals surface area (Å²) in [6.07, 6.45) is -1.60. The molecule has 0 saturated heterocycles. The lowest BCUT2D eigenvalue weighted by molar-refractivity contribution is -0.153. The number of aliphatic hydroxyl groups is 1. The molecule has 19 heavy (non-hydrogen) atoms. The summed E-state index contributed by atoms with van der Waals surface area (Å²) >= 11 is 0. The lowest BCUT2D eigenvalue weighted by Gasteiger charge is -2.15. The van der Waals surface area contributed by atoms with Crippen molar-refractivity contribution in [3.05, 3.63) is 29.1 Å². The van der Waals surface area contributed by atoms with Gasteiger partial charge in [0.15, 0.2) is 17.7 Å². The highest BCUT2D eigenvalue weighted by Gasteiger charge is 2.25. The van der Waals surface area contributed by atoms with Gasteiger partial charge in [-0.05, 0) is 24.6 Å². The first kappa shape index (κ1) is 15.4. The molecule has 5 nitrogen and oxygen atoms in total. The van der Waals surface area contributed by atoms with Crippen LogP contribution in [0.2, 0.25) is 0 Å². The van der Waals surface area contributed by atoms with Gasteiger partial charge in [-0.2, -0.15) is 0 Å². The summed E-state index contributed by atoms with van der Waals surface area (Å²) < 4.78 is 28.3. The van der Waals surface area contributed by atoms with E-state index >= 15 is 0 Å². The molecule has 1 aromatic rings. The molecule has 0 fully saturated rings. The number of methoxy groups -OCH3 is 2. The van der Waals surface area contributed by atoms with Gasteiger partial charge in [0.05, 0.1) is 20.3 Å². The van der Waals surface area contributed by atoms with Crippen molar-refractivity contribution in [1.82, 2.24) is 0 Å². The Morgan fingerprint density at radius 1 is 1.42 bits per heavy atom. The van der Waals surface area contributed by atoms with Gasteiger partial charge in [-0.3, -0.25) is 0 Å². The van der Waals surface area contributed by atoms with E-state index in [1.165, 1.54) is 26.4 Å². The molecular formula is C13H17FO5. The molecule has 1 unspecified atom stereocenters. The minimum absolute atomic E-state index is 0.0213. The molecule has 0 aliphatic carbocycles. The third-order valence-corrected chi connectivity index (χ3v) is 2.45. The second-order valence-electron chi connectivity index (χ2n) is 3.79. The molecule has 0 aromatic heterocycles. The van der Waals surface area contributed by atoms with Crippen molar-refractivity contribution in [3.63, 3.8) is 0 Å². The topological polar surface area (TPSA) is 65.0 Å². The van der Waals surface area contributed by atoms with E-state index in [4.69, 9.17) is 14.2 Å². The summed E-state index contributed by atoms with van der Waals surface area (Å²) in [4.78, 5) is 11.5. The fourth-order valence-electron chi connectivity index (χ4n) is 1.69. The van der Waals surface area contributed by atoms with Crippen LogP contribution in [0.5, 0.6) is 5.75 Å². The predicted molar refractivity (Wildman–Crippen MR) is 65.3 cm³/mol. The summed E-state index contributed by atoms with van der Waals surface area (Å²) in [7, 11) is 2.72. The molecule has 0 radical (unpaired) electrons. The van der Waals surface area contributed by atoms with Gasteiger partial charge >= 0.3 is 5.97 Å². The van der Waals surface area contributed by atoms with E-state index in [0.29, 0.717) is 5.56 Å². The van der Waals surface area contributed by atoms with Gasteiger partial charge in [0.1, 0.15) is 0 Å². The Labute approximate surface area is 110 Å². The Morgan fingerprint density at radius 3 is 2.63 bits per heavy atom. The zero-order valence-electron chi connectivity index (χ0n) is 11.1. The quantitative estimate of drug-likeness (QED) is 0.796. The fraction of sp³-hybridized carbons (Fsp3) is 0.462. The minimum atomic E-state index is -1.60. The van der Waals surface area contributed by atoms with E-state index < -0.39 is 17.9 Å². The number of aliphatic hydroxyl groups excluding tert-OH is 1. The zero-order valence-corrected chi connectivity index (χ0v) is 11.1. The summed E-state index contributed by atoms with van der Waals surface area (Å²) in [5.41, 5.74) is 0.507. The van der Waals surface area contributed by atoms with Crippen LogP contribution in [0.15, 0.2) is 12.1 Å². The molecule has 0 saturated carbocycles. The second-order valence-corrected chi connectivity index (χ2v) is 3.79. The highest BCUT2D eigenvalue weighted by atomic mass is 19.1. The molecular weight excluding hydrogens is 255 g/mol. The van der Waals surface area contributed by atoms with Gasteiger partial charge in [-0.15, -0.1) is 0 Å². The largest absolute Gasteiger partial charge is 0.493 e. The Hall–Kier alpha value is -1.66. The van der Waals surface area contributed by atoms with Crippen LogP contribution in [-0.4, -0.2) is 31.9 Å². The number of carbonyl (C=O) groups is 1. The summed E-state index contributed by atoms with van der Waals surface area (Å²) in [5, 5.41) is 9.89. The van der Waals surface area contributed by atoms with Crippen molar-refractivity contribution < 1.29 is 28.5 Å². The number of hydrogen-bond acceptors (Lipinski definition) is 5. The fourth-order valence-corrected chi connectivity index (χ4v) is 1.69. The molecule has 0 aliphatic rings. The van der Waals surface area contributed by atoms with Crippen LogP contribution in [0.3, 0.4) is 0 Å². The average Bonchev–Trinajstić information content (AvgIpc) is 2.38. The number of esters is 1. The number of rotatable bonds is 6. The Balaban J connectivity index is 3.18. The van der Waals surface area contributed by atoms with E-state index in [-0.39, 0.29) is 24.5 Å². The van der Waals surface area contributed by atoms with Crippen LogP contribution in [0.25, 0.3) is 0 Å². The lowest BCUT2D eigenvalue weighted by atomic mass is 10.0. The van der Waals surface area contributed by atoms with E-state index in [2.05, 4.69) is 0 Å². The number of ether oxygens (including phenoxy) is 3. The van der Waals surface area contributed by atoms with Gasteiger partial charge in [-0.25, -0.2) is 9.18 Å². The molecule has 6 heteroatoms. The zero-order chi connectivity index (χ0) is 14.4. The molecule has 106 valence electrons. The average molecular weight is 272 g/mol. The van der Waals surface area contributed by atoms with Crippen molar-refractivity contribution in [2.24, 2.45) is 0 Å². The minimum Gasteiger partial charge on any atom is -0.493 e. The number of halogens is 1. The normalized spacial score (nSPS) is 12.1. The standard InChI is InChI=1S/C13H17FO5/c1-4-19-13(16)11(15)9-5-8(7-17-2)6-10(14)12(9)18-3/h5-6,11,15H,4,7H2,1-3H3. The lowest BCUT2D eigenvalue weighted by Crippen LogP contribution is -2.17. The van der Waals surface area contributed by atoms with E-state index in [0.717, 1.165) is 0 Å². The SMILES string of the molecule is CCOC(=O)C(O)c1cc(COC)cc(F)c1OC. The second kappa shape index (κ2) is 7.06. The molecule has 0 amide bonds. The first-order valence-electron chi connectivity index (χ1n) is 5.75. The predicted octanol–water partition coefficient (Wildman–Crippen LogP) is 1.58. The van der Waals surface area contributed by atoms with Crippen molar-refractivity contribution in [2.75, 3.05) is 20.8 Å². The summed E-state index contributed by atoms with van der Waals surface area (Å²) in [6, 6.07) is 2.68. The molecule has 1 N–H and O–H groups in total. The number of hydrogen-bond donors (Lipinski definition) is 1. The monoisotopic (exact) mass is 272 g/mol. The maximum absolute atomic E-state index is 13.8. The molecule has 0 heterocycles. The highest BCUT2D eigenvalue weighted by Crippen LogP contribution is 2.30. The van der Waals surface area contributed by atoms with Gasteiger partial charge < -0.3 is 19.3 Å². The van der Waals surface area contributed by atoms with E-state index in [1.807, 2.05) is 0 Å². The van der Waals surface area contributed by atoms with Crippen LogP contribution >= 0.6 is 0 Å². The smallest absolute Gasteiger partial charge is 0.339 e. The van der Waals surface area contributed by atoms with Crippen LogP contribution in [-0.2, 0) is 20.9 Å². The number of carbonyl (C=O) groups excluding carboxylic acids is 1. The summed E-state index contributed by atoms with van der Waals surface area (Å²) in [6.45, 7) is 1.89. The molecule has 1 atom stereocenters. The van der Waals surface area contributed by atoms with Crippen molar-refractivity contribution in [1.29, 1.82) is 0 Å². The third-order valence-electron chi connectivity index (χ3n) is 2.45. The first-order valence-corrected chi connectivity index (χ1v) is 5.75. The third kappa shape index (κ3) is 3.65. The molecule has 0 bridgehead atoms. The van der Waals surface area contributed by atoms with Crippen molar-refractivity contribution in [2.45, 2.75) is 19.6 Å². The molecule has 1 rings (SSSR count). The maximum atomic E-state index is 13.8. The van der Waals surface area contributed by atoms with Crippen LogP contribution in [0, 0.1) is 5.82 Å². The summed E-state index contributed by atoms with van der Waals surface area (Å²) in [5.74, 6) is -1.70. The van der Waals surface area contributed by atoms with Crippen LogP contribution in [0.1, 0.15) is 24.2 Å². The number of benzene rings is 1. The van der Waals surface area contributed by atoms with Gasteiger partial charge in [-0.1, -0.05) is 0 Å². The van der Waals surface area contributed by atoms with E-state index in [9.17, 15) is 14.3 Å². The van der Waals surface area contributed by atoms with Crippen LogP contribution < -0.4 is 4.74 Å².